The number of hydrogen-bond donors (Lipinski definition) is 2. The molecule has 1 saturated heterocycles. The van der Waals surface area contributed by atoms with Crippen molar-refractivity contribution in [2.24, 2.45) is 4.99 Å². The zero-order valence-corrected chi connectivity index (χ0v) is 18.8. The van der Waals surface area contributed by atoms with E-state index in [4.69, 9.17) is 11.6 Å². The van der Waals surface area contributed by atoms with E-state index >= 15 is 0 Å². The highest BCUT2D eigenvalue weighted by molar-refractivity contribution is 14.0. The number of rotatable bonds is 6. The van der Waals surface area contributed by atoms with Crippen LogP contribution in [0.4, 0.5) is 5.82 Å². The monoisotopic (exact) mass is 503 g/mol. The maximum Gasteiger partial charge on any atom is 0.191 e. The summed E-state index contributed by atoms with van der Waals surface area (Å²) in [7, 11) is 0. The van der Waals surface area contributed by atoms with Gasteiger partial charge in [0.05, 0.1) is 24.3 Å². The zero-order valence-electron chi connectivity index (χ0n) is 15.7. The van der Waals surface area contributed by atoms with Crippen molar-refractivity contribution in [3.05, 3.63) is 41.3 Å². The van der Waals surface area contributed by atoms with E-state index in [1.54, 1.807) is 6.20 Å². The third-order valence-electron chi connectivity index (χ3n) is 4.27. The van der Waals surface area contributed by atoms with Crippen LogP contribution in [0.2, 0.25) is 5.02 Å². The van der Waals surface area contributed by atoms with Gasteiger partial charge in [0.15, 0.2) is 5.96 Å². The number of halogens is 2. The number of pyridine rings is 1. The smallest absolute Gasteiger partial charge is 0.191 e. The predicted molar refractivity (Wildman–Crippen MR) is 121 cm³/mol. The molecule has 3 rings (SSSR count). The van der Waals surface area contributed by atoms with Gasteiger partial charge in [-0.3, -0.25) is 9.67 Å². The zero-order chi connectivity index (χ0) is 18.4. The third kappa shape index (κ3) is 6.24. The van der Waals surface area contributed by atoms with E-state index in [0.29, 0.717) is 17.6 Å². The second-order valence-corrected chi connectivity index (χ2v) is 6.83. The molecule has 0 spiro atoms. The van der Waals surface area contributed by atoms with Crippen LogP contribution < -0.4 is 15.5 Å². The van der Waals surface area contributed by atoms with Crippen molar-refractivity contribution < 1.29 is 0 Å². The molecular formula is C18H27ClIN7. The Morgan fingerprint density at radius 1 is 1.44 bits per heavy atom. The molecule has 0 radical (unpaired) electrons. The molecule has 2 aromatic heterocycles. The second-order valence-electron chi connectivity index (χ2n) is 6.43. The average molecular weight is 504 g/mol. The summed E-state index contributed by atoms with van der Waals surface area (Å²) >= 11 is 6.27. The van der Waals surface area contributed by atoms with Crippen LogP contribution in [0.25, 0.3) is 0 Å². The van der Waals surface area contributed by atoms with E-state index < -0.39 is 0 Å². The van der Waals surface area contributed by atoms with Crippen LogP contribution in [0.1, 0.15) is 18.9 Å². The average Bonchev–Trinajstić information content (AvgIpc) is 3.25. The van der Waals surface area contributed by atoms with Crippen LogP contribution in [0.5, 0.6) is 0 Å². The lowest BCUT2D eigenvalue weighted by Crippen LogP contribution is -2.44. The minimum Gasteiger partial charge on any atom is -0.357 e. The Hall–Kier alpha value is -1.55. The molecule has 9 heteroatoms. The molecular weight excluding hydrogens is 477 g/mol. The van der Waals surface area contributed by atoms with E-state index in [9.17, 15) is 0 Å². The fourth-order valence-electron chi connectivity index (χ4n) is 3.05. The molecule has 0 aromatic carbocycles. The van der Waals surface area contributed by atoms with Crippen LogP contribution >= 0.6 is 35.6 Å². The number of guanidine groups is 1. The van der Waals surface area contributed by atoms with Gasteiger partial charge >= 0.3 is 0 Å². The Bertz CT molecular complexity index is 749. The first kappa shape index (κ1) is 21.7. The lowest BCUT2D eigenvalue weighted by molar-refractivity contribution is 0.613. The van der Waals surface area contributed by atoms with Crippen molar-refractivity contribution >= 4 is 47.4 Å². The van der Waals surface area contributed by atoms with Crippen molar-refractivity contribution in [1.82, 2.24) is 25.4 Å². The molecule has 27 heavy (non-hydrogen) atoms. The maximum atomic E-state index is 6.27. The number of nitrogens with zero attached hydrogens (tertiary/aromatic N) is 5. The molecule has 1 unspecified atom stereocenters. The number of aromatic nitrogens is 3. The van der Waals surface area contributed by atoms with Crippen molar-refractivity contribution in [3.63, 3.8) is 0 Å². The largest absolute Gasteiger partial charge is 0.357 e. The molecule has 2 N–H and O–H groups in total. The van der Waals surface area contributed by atoms with Gasteiger partial charge in [0.2, 0.25) is 0 Å². The Balaban J connectivity index is 0.00000261. The van der Waals surface area contributed by atoms with Crippen molar-refractivity contribution in [2.75, 3.05) is 31.1 Å². The number of hydrogen-bond acceptors (Lipinski definition) is 4. The van der Waals surface area contributed by atoms with Gasteiger partial charge in [-0.05, 0) is 38.0 Å². The number of anilines is 1. The summed E-state index contributed by atoms with van der Waals surface area (Å²) in [4.78, 5) is 11.3. The number of aryl methyl sites for hydroxylation is 1. The van der Waals surface area contributed by atoms with Crippen molar-refractivity contribution in [1.29, 1.82) is 0 Å². The first-order valence-corrected chi connectivity index (χ1v) is 9.43. The standard InChI is InChI=1S/C18H26ClN7.HI/c1-3-20-18(22-8-10-26-12-14(2)11-23-26)24-15-6-9-25(13-15)17-16(19)5-4-7-21-17;/h4-5,7,11-12,15H,3,6,8-10,13H2,1-2H3,(H2,20,22,24);1H. The van der Waals surface area contributed by atoms with Crippen LogP contribution in [-0.2, 0) is 6.54 Å². The minimum absolute atomic E-state index is 0. The summed E-state index contributed by atoms with van der Waals surface area (Å²) in [5.41, 5.74) is 1.17. The van der Waals surface area contributed by atoms with Crippen LogP contribution in [-0.4, -0.2) is 52.9 Å². The Morgan fingerprint density at radius 3 is 3.00 bits per heavy atom. The first-order valence-electron chi connectivity index (χ1n) is 9.05. The summed E-state index contributed by atoms with van der Waals surface area (Å²) in [5, 5.41) is 11.8. The Kier molecular flexibility index (Phi) is 8.62. The molecule has 1 fully saturated rings. The van der Waals surface area contributed by atoms with E-state index in [-0.39, 0.29) is 24.0 Å². The van der Waals surface area contributed by atoms with Crippen molar-refractivity contribution in [3.8, 4) is 0 Å². The molecule has 1 aliphatic heterocycles. The first-order chi connectivity index (χ1) is 12.7. The summed E-state index contributed by atoms with van der Waals surface area (Å²) in [6.45, 7) is 8.18. The normalized spacial score (nSPS) is 16.9. The van der Waals surface area contributed by atoms with Gasteiger partial charge in [0.1, 0.15) is 5.82 Å². The van der Waals surface area contributed by atoms with Gasteiger partial charge in [-0.1, -0.05) is 11.6 Å². The number of aliphatic imine (C=N–C) groups is 1. The summed E-state index contributed by atoms with van der Waals surface area (Å²) in [6.07, 6.45) is 6.70. The maximum absolute atomic E-state index is 6.27. The number of nitrogens with one attached hydrogen (secondary N) is 2. The molecule has 0 bridgehead atoms. The van der Waals surface area contributed by atoms with Gasteiger partial charge in [0, 0.05) is 38.1 Å². The highest BCUT2D eigenvalue weighted by Gasteiger charge is 2.25. The third-order valence-corrected chi connectivity index (χ3v) is 4.57. The molecule has 1 aliphatic rings. The van der Waals surface area contributed by atoms with Crippen LogP contribution in [0.3, 0.4) is 0 Å². The highest BCUT2D eigenvalue weighted by atomic mass is 127. The topological polar surface area (TPSA) is 70.4 Å². The lowest BCUT2D eigenvalue weighted by atomic mass is 10.3. The molecule has 2 aromatic rings. The molecule has 0 saturated carbocycles. The van der Waals surface area contributed by atoms with E-state index in [1.807, 2.05) is 36.1 Å². The van der Waals surface area contributed by atoms with E-state index in [1.165, 1.54) is 5.56 Å². The molecule has 148 valence electrons. The summed E-state index contributed by atoms with van der Waals surface area (Å²) in [5.74, 6) is 1.70. The van der Waals surface area contributed by atoms with Gasteiger partial charge in [-0.25, -0.2) is 4.98 Å². The van der Waals surface area contributed by atoms with E-state index in [0.717, 1.165) is 44.4 Å². The molecule has 3 heterocycles. The van der Waals surface area contributed by atoms with Crippen molar-refractivity contribution in [2.45, 2.75) is 32.9 Å². The molecule has 0 amide bonds. The molecule has 7 nitrogen and oxygen atoms in total. The molecule has 1 atom stereocenters. The van der Waals surface area contributed by atoms with Crippen LogP contribution in [0.15, 0.2) is 35.7 Å². The van der Waals surface area contributed by atoms with Gasteiger partial charge in [-0.2, -0.15) is 5.10 Å². The summed E-state index contributed by atoms with van der Waals surface area (Å²) < 4.78 is 1.92. The van der Waals surface area contributed by atoms with Gasteiger partial charge < -0.3 is 15.5 Å². The Labute approximate surface area is 182 Å². The fourth-order valence-corrected chi connectivity index (χ4v) is 3.29. The molecule has 0 aliphatic carbocycles. The van der Waals surface area contributed by atoms with E-state index in [2.05, 4.69) is 37.5 Å². The van der Waals surface area contributed by atoms with Crippen LogP contribution in [0, 0.1) is 6.92 Å². The second kappa shape index (κ2) is 10.7. The minimum atomic E-state index is 0. The fraction of sp³-hybridized carbons (Fsp3) is 0.500. The predicted octanol–water partition coefficient (Wildman–Crippen LogP) is 2.69. The Morgan fingerprint density at radius 2 is 2.30 bits per heavy atom. The van der Waals surface area contributed by atoms with Gasteiger partial charge in [-0.15, -0.1) is 24.0 Å². The highest BCUT2D eigenvalue weighted by Crippen LogP contribution is 2.25. The SMILES string of the molecule is CCNC(=NCCn1cc(C)cn1)NC1CCN(c2ncccc2Cl)C1.I. The quantitative estimate of drug-likeness (QED) is 0.360. The lowest BCUT2D eigenvalue weighted by Gasteiger charge is -2.20. The summed E-state index contributed by atoms with van der Waals surface area (Å²) in [6, 6.07) is 4.06. The van der Waals surface area contributed by atoms with Gasteiger partial charge in [0.25, 0.3) is 0 Å².